The van der Waals surface area contributed by atoms with Crippen LogP contribution in [-0.2, 0) is 0 Å². The first kappa shape index (κ1) is 12.6. The van der Waals surface area contributed by atoms with Gasteiger partial charge in [0, 0.05) is 10.9 Å². The van der Waals surface area contributed by atoms with Crippen molar-refractivity contribution < 1.29 is 9.53 Å². The SMILES string of the molecule is COc1c(C)cc(-c2csc(C(N)=O)n2)cc1C. The lowest BCUT2D eigenvalue weighted by Gasteiger charge is -2.10. The molecule has 0 spiro atoms. The van der Waals surface area contributed by atoms with E-state index in [1.807, 2.05) is 31.4 Å². The van der Waals surface area contributed by atoms with E-state index in [-0.39, 0.29) is 0 Å². The number of benzene rings is 1. The average Bonchev–Trinajstić information content (AvgIpc) is 2.77. The fraction of sp³-hybridized carbons (Fsp3) is 0.231. The number of carbonyl (C=O) groups excluding carboxylic acids is 1. The van der Waals surface area contributed by atoms with E-state index in [0.717, 1.165) is 28.1 Å². The maximum atomic E-state index is 11.0. The molecule has 0 aliphatic rings. The molecule has 0 bridgehead atoms. The molecule has 1 aromatic carbocycles. The Morgan fingerprint density at radius 1 is 1.33 bits per heavy atom. The summed E-state index contributed by atoms with van der Waals surface area (Å²) < 4.78 is 5.32. The standard InChI is InChI=1S/C13H14N2O2S/c1-7-4-9(5-8(2)11(7)17-3)10-6-18-13(15-10)12(14)16/h4-6H,1-3H3,(H2,14,16). The number of nitrogens with two attached hydrogens (primary N) is 1. The van der Waals surface area contributed by atoms with Gasteiger partial charge in [-0.2, -0.15) is 0 Å². The number of aromatic nitrogens is 1. The number of rotatable bonds is 3. The maximum absolute atomic E-state index is 11.0. The van der Waals surface area contributed by atoms with Gasteiger partial charge in [-0.3, -0.25) is 4.79 Å². The number of primary amides is 1. The third-order valence-corrected chi connectivity index (χ3v) is 3.53. The Morgan fingerprint density at radius 2 is 1.94 bits per heavy atom. The number of hydrogen-bond acceptors (Lipinski definition) is 4. The molecule has 0 unspecified atom stereocenters. The Morgan fingerprint density at radius 3 is 2.39 bits per heavy atom. The predicted molar refractivity (Wildman–Crippen MR) is 72.1 cm³/mol. The van der Waals surface area contributed by atoms with Crippen LogP contribution in [-0.4, -0.2) is 18.0 Å². The quantitative estimate of drug-likeness (QED) is 0.924. The van der Waals surface area contributed by atoms with Crippen molar-refractivity contribution in [2.24, 2.45) is 5.73 Å². The molecule has 18 heavy (non-hydrogen) atoms. The highest BCUT2D eigenvalue weighted by Crippen LogP contribution is 2.30. The first-order valence-corrected chi connectivity index (χ1v) is 6.32. The molecule has 0 aliphatic heterocycles. The molecule has 0 atom stereocenters. The van der Waals surface area contributed by atoms with Crippen molar-refractivity contribution in [2.75, 3.05) is 7.11 Å². The van der Waals surface area contributed by atoms with Gasteiger partial charge in [0.05, 0.1) is 12.8 Å². The molecule has 1 aromatic heterocycles. The van der Waals surface area contributed by atoms with Crippen LogP contribution in [0.25, 0.3) is 11.3 Å². The lowest BCUT2D eigenvalue weighted by atomic mass is 10.0. The zero-order valence-electron chi connectivity index (χ0n) is 10.5. The van der Waals surface area contributed by atoms with Crippen molar-refractivity contribution in [1.82, 2.24) is 4.98 Å². The van der Waals surface area contributed by atoms with Crippen molar-refractivity contribution in [3.8, 4) is 17.0 Å². The summed E-state index contributed by atoms with van der Waals surface area (Å²) in [4.78, 5) is 15.3. The molecular weight excluding hydrogens is 248 g/mol. The second-order valence-electron chi connectivity index (χ2n) is 4.05. The van der Waals surface area contributed by atoms with Crippen molar-refractivity contribution in [2.45, 2.75) is 13.8 Å². The topological polar surface area (TPSA) is 65.2 Å². The van der Waals surface area contributed by atoms with Crippen LogP contribution in [0.5, 0.6) is 5.75 Å². The van der Waals surface area contributed by atoms with E-state index in [4.69, 9.17) is 10.5 Å². The number of hydrogen-bond donors (Lipinski definition) is 1. The first-order valence-electron chi connectivity index (χ1n) is 5.44. The predicted octanol–water partition coefficient (Wildman–Crippen LogP) is 2.53. The second kappa shape index (κ2) is 4.78. The Hall–Kier alpha value is -1.88. The zero-order valence-corrected chi connectivity index (χ0v) is 11.3. The van der Waals surface area contributed by atoms with E-state index in [0.29, 0.717) is 5.01 Å². The van der Waals surface area contributed by atoms with Gasteiger partial charge < -0.3 is 10.5 Å². The highest BCUT2D eigenvalue weighted by atomic mass is 32.1. The van der Waals surface area contributed by atoms with E-state index < -0.39 is 5.91 Å². The van der Waals surface area contributed by atoms with Crippen molar-refractivity contribution in [3.63, 3.8) is 0 Å². The van der Waals surface area contributed by atoms with Gasteiger partial charge in [-0.15, -0.1) is 11.3 Å². The Bertz CT molecular complexity index is 582. The minimum absolute atomic E-state index is 0.330. The van der Waals surface area contributed by atoms with Crippen LogP contribution in [0.15, 0.2) is 17.5 Å². The minimum atomic E-state index is -0.492. The van der Waals surface area contributed by atoms with Crippen LogP contribution in [0.4, 0.5) is 0 Å². The fourth-order valence-electron chi connectivity index (χ4n) is 1.94. The van der Waals surface area contributed by atoms with Gasteiger partial charge in [0.1, 0.15) is 5.75 Å². The number of nitrogens with zero attached hydrogens (tertiary/aromatic N) is 1. The summed E-state index contributed by atoms with van der Waals surface area (Å²) in [6.07, 6.45) is 0. The van der Waals surface area contributed by atoms with Crippen LogP contribution >= 0.6 is 11.3 Å². The van der Waals surface area contributed by atoms with E-state index in [2.05, 4.69) is 4.98 Å². The fourth-order valence-corrected chi connectivity index (χ4v) is 2.62. The van der Waals surface area contributed by atoms with Gasteiger partial charge in [-0.25, -0.2) is 4.98 Å². The lowest BCUT2D eigenvalue weighted by Crippen LogP contribution is -2.10. The Balaban J connectivity index is 2.47. The summed E-state index contributed by atoms with van der Waals surface area (Å²) in [5.74, 6) is 0.386. The van der Waals surface area contributed by atoms with Crippen LogP contribution in [0, 0.1) is 13.8 Å². The molecule has 94 valence electrons. The number of amides is 1. The average molecular weight is 262 g/mol. The molecule has 0 saturated heterocycles. The van der Waals surface area contributed by atoms with Crippen molar-refractivity contribution in [1.29, 1.82) is 0 Å². The monoisotopic (exact) mass is 262 g/mol. The van der Waals surface area contributed by atoms with E-state index in [1.165, 1.54) is 11.3 Å². The van der Waals surface area contributed by atoms with Gasteiger partial charge in [0.25, 0.3) is 5.91 Å². The number of methoxy groups -OCH3 is 1. The highest BCUT2D eigenvalue weighted by Gasteiger charge is 2.11. The number of carbonyl (C=O) groups is 1. The van der Waals surface area contributed by atoms with Crippen molar-refractivity contribution >= 4 is 17.2 Å². The van der Waals surface area contributed by atoms with Crippen LogP contribution < -0.4 is 10.5 Å². The molecule has 1 heterocycles. The minimum Gasteiger partial charge on any atom is -0.496 e. The lowest BCUT2D eigenvalue weighted by molar-refractivity contribution is 0.1000. The van der Waals surface area contributed by atoms with Gasteiger partial charge in [0.2, 0.25) is 0 Å². The molecule has 0 fully saturated rings. The summed E-state index contributed by atoms with van der Waals surface area (Å²) in [6, 6.07) is 3.98. The molecule has 2 aromatic rings. The molecule has 0 aliphatic carbocycles. The first-order chi connectivity index (χ1) is 8.52. The number of ether oxygens (including phenoxy) is 1. The van der Waals surface area contributed by atoms with E-state index in [1.54, 1.807) is 7.11 Å². The molecule has 0 saturated carbocycles. The maximum Gasteiger partial charge on any atom is 0.277 e. The molecule has 2 rings (SSSR count). The Kier molecular flexibility index (Phi) is 3.34. The third kappa shape index (κ3) is 2.22. The zero-order chi connectivity index (χ0) is 13.3. The van der Waals surface area contributed by atoms with E-state index in [9.17, 15) is 4.79 Å². The smallest absolute Gasteiger partial charge is 0.277 e. The van der Waals surface area contributed by atoms with Crippen molar-refractivity contribution in [3.05, 3.63) is 33.6 Å². The summed E-state index contributed by atoms with van der Waals surface area (Å²) in [7, 11) is 1.66. The van der Waals surface area contributed by atoms with E-state index >= 15 is 0 Å². The summed E-state index contributed by atoms with van der Waals surface area (Å²) >= 11 is 1.26. The van der Waals surface area contributed by atoms with Crippen LogP contribution in [0.2, 0.25) is 0 Å². The highest BCUT2D eigenvalue weighted by molar-refractivity contribution is 7.12. The molecular formula is C13H14N2O2S. The van der Waals surface area contributed by atoms with Gasteiger partial charge in [-0.1, -0.05) is 0 Å². The molecule has 5 heteroatoms. The van der Waals surface area contributed by atoms with Crippen LogP contribution in [0.3, 0.4) is 0 Å². The summed E-state index contributed by atoms with van der Waals surface area (Å²) in [5, 5.41) is 2.16. The van der Waals surface area contributed by atoms with Gasteiger partial charge in [0.15, 0.2) is 5.01 Å². The normalized spacial score (nSPS) is 10.4. The van der Waals surface area contributed by atoms with Gasteiger partial charge >= 0.3 is 0 Å². The molecule has 2 N–H and O–H groups in total. The number of thiazole rings is 1. The molecule has 4 nitrogen and oxygen atoms in total. The third-order valence-electron chi connectivity index (χ3n) is 2.68. The number of aryl methyl sites for hydroxylation is 2. The van der Waals surface area contributed by atoms with Crippen LogP contribution in [0.1, 0.15) is 20.9 Å². The second-order valence-corrected chi connectivity index (χ2v) is 4.90. The summed E-state index contributed by atoms with van der Waals surface area (Å²) in [5.41, 5.74) is 9.02. The largest absolute Gasteiger partial charge is 0.496 e. The Labute approximate surface area is 109 Å². The summed E-state index contributed by atoms with van der Waals surface area (Å²) in [6.45, 7) is 3.97. The molecule has 1 amide bonds. The van der Waals surface area contributed by atoms with Gasteiger partial charge in [-0.05, 0) is 37.1 Å². The molecule has 0 radical (unpaired) electrons.